The Bertz CT molecular complexity index is 988. The molecular formula is C22H25N3O5. The van der Waals surface area contributed by atoms with Crippen LogP contribution in [0.15, 0.2) is 53.1 Å². The van der Waals surface area contributed by atoms with Crippen LogP contribution >= 0.6 is 0 Å². The Morgan fingerprint density at radius 3 is 2.57 bits per heavy atom. The van der Waals surface area contributed by atoms with E-state index in [1.807, 2.05) is 43.3 Å². The number of aromatic nitrogens is 2. The number of likely N-dealkylation sites (N-methyl/N-ethyl adjacent to an activating group) is 1. The van der Waals surface area contributed by atoms with Gasteiger partial charge in [-0.2, -0.15) is 4.98 Å². The van der Waals surface area contributed by atoms with Crippen molar-refractivity contribution in [3.63, 3.8) is 0 Å². The van der Waals surface area contributed by atoms with E-state index >= 15 is 0 Å². The van der Waals surface area contributed by atoms with Gasteiger partial charge in [0.1, 0.15) is 5.75 Å². The molecule has 0 bridgehead atoms. The lowest BCUT2D eigenvalue weighted by atomic mass is 10.2. The molecule has 0 aliphatic heterocycles. The number of nitrogens with zero attached hydrogens (tertiary/aromatic N) is 3. The minimum atomic E-state index is -0.660. The number of methoxy groups -OCH3 is 2. The summed E-state index contributed by atoms with van der Waals surface area (Å²) in [5.41, 5.74) is 0.768. The van der Waals surface area contributed by atoms with Crippen LogP contribution in [0.1, 0.15) is 19.2 Å². The van der Waals surface area contributed by atoms with Crippen molar-refractivity contribution in [2.24, 2.45) is 0 Å². The zero-order valence-electron chi connectivity index (χ0n) is 17.5. The Morgan fingerprint density at radius 1 is 1.10 bits per heavy atom. The summed E-state index contributed by atoms with van der Waals surface area (Å²) in [4.78, 5) is 18.8. The van der Waals surface area contributed by atoms with Crippen molar-refractivity contribution in [3.8, 4) is 28.6 Å². The molecule has 158 valence electrons. The van der Waals surface area contributed by atoms with Gasteiger partial charge in [-0.3, -0.25) is 4.79 Å². The lowest BCUT2D eigenvalue weighted by Crippen LogP contribution is -2.39. The first-order valence-electron chi connectivity index (χ1n) is 9.57. The largest absolute Gasteiger partial charge is 0.497 e. The molecule has 1 amide bonds. The Hall–Kier alpha value is -3.55. The number of carbonyl (C=O) groups is 1. The molecule has 1 heterocycles. The molecule has 0 spiro atoms. The molecule has 3 aromatic rings. The molecule has 0 radical (unpaired) electrons. The van der Waals surface area contributed by atoms with Gasteiger partial charge in [-0.25, -0.2) is 0 Å². The SMILES string of the molecule is CC[C@@H](Oc1ccccc1OC)C(=O)N(C)Cc1nc(-c2cccc(OC)c2)no1. The Morgan fingerprint density at radius 2 is 1.87 bits per heavy atom. The van der Waals surface area contributed by atoms with Crippen LogP contribution in [0, 0.1) is 0 Å². The number of ether oxygens (including phenoxy) is 3. The van der Waals surface area contributed by atoms with Crippen LogP contribution in [0.25, 0.3) is 11.4 Å². The highest BCUT2D eigenvalue weighted by atomic mass is 16.5. The van der Waals surface area contributed by atoms with E-state index in [2.05, 4.69) is 10.1 Å². The van der Waals surface area contributed by atoms with Crippen molar-refractivity contribution in [2.75, 3.05) is 21.3 Å². The smallest absolute Gasteiger partial charge is 0.263 e. The van der Waals surface area contributed by atoms with Gasteiger partial charge in [0, 0.05) is 12.6 Å². The molecule has 0 saturated carbocycles. The summed E-state index contributed by atoms with van der Waals surface area (Å²) < 4.78 is 21.8. The molecular weight excluding hydrogens is 386 g/mol. The Balaban J connectivity index is 1.68. The molecule has 8 nitrogen and oxygen atoms in total. The van der Waals surface area contributed by atoms with Crippen molar-refractivity contribution in [1.82, 2.24) is 15.0 Å². The number of hydrogen-bond donors (Lipinski definition) is 0. The third kappa shape index (κ3) is 4.89. The summed E-state index contributed by atoms with van der Waals surface area (Å²) in [7, 11) is 4.83. The van der Waals surface area contributed by atoms with Crippen LogP contribution in [0.2, 0.25) is 0 Å². The second kappa shape index (κ2) is 9.78. The molecule has 0 aliphatic carbocycles. The topological polar surface area (TPSA) is 86.9 Å². The summed E-state index contributed by atoms with van der Waals surface area (Å²) in [5, 5.41) is 4.00. The van der Waals surface area contributed by atoms with Gasteiger partial charge in [-0.05, 0) is 30.7 Å². The fraction of sp³-hybridized carbons (Fsp3) is 0.318. The zero-order chi connectivity index (χ0) is 21.5. The minimum absolute atomic E-state index is 0.168. The van der Waals surface area contributed by atoms with Gasteiger partial charge in [-0.1, -0.05) is 36.3 Å². The number of rotatable bonds is 9. The van der Waals surface area contributed by atoms with Gasteiger partial charge < -0.3 is 23.6 Å². The van der Waals surface area contributed by atoms with Gasteiger partial charge in [-0.15, -0.1) is 0 Å². The normalized spacial score (nSPS) is 11.6. The predicted octanol–water partition coefficient (Wildman–Crippen LogP) is 3.57. The highest BCUT2D eigenvalue weighted by molar-refractivity contribution is 5.81. The second-order valence-electron chi connectivity index (χ2n) is 6.60. The highest BCUT2D eigenvalue weighted by Crippen LogP contribution is 2.28. The molecule has 0 unspecified atom stereocenters. The van der Waals surface area contributed by atoms with E-state index in [9.17, 15) is 4.79 Å². The average Bonchev–Trinajstić information content (AvgIpc) is 3.25. The van der Waals surface area contributed by atoms with E-state index in [1.54, 1.807) is 33.4 Å². The number of para-hydroxylation sites is 2. The summed E-state index contributed by atoms with van der Waals surface area (Å²) in [5.74, 6) is 2.37. The van der Waals surface area contributed by atoms with Crippen molar-refractivity contribution in [2.45, 2.75) is 26.0 Å². The van der Waals surface area contributed by atoms with Gasteiger partial charge >= 0.3 is 0 Å². The lowest BCUT2D eigenvalue weighted by molar-refractivity contribution is -0.138. The molecule has 1 atom stereocenters. The lowest BCUT2D eigenvalue weighted by Gasteiger charge is -2.23. The molecule has 0 N–H and O–H groups in total. The van der Waals surface area contributed by atoms with Crippen LogP contribution in [0.4, 0.5) is 0 Å². The highest BCUT2D eigenvalue weighted by Gasteiger charge is 2.25. The summed E-state index contributed by atoms with van der Waals surface area (Å²) in [6.07, 6.45) is -0.160. The standard InChI is InChI=1S/C22H25N3O5/c1-5-17(29-19-12-7-6-11-18(19)28-4)22(26)25(2)14-20-23-21(24-30-20)15-9-8-10-16(13-15)27-3/h6-13,17H,5,14H2,1-4H3/t17-/m1/s1. The summed E-state index contributed by atoms with van der Waals surface area (Å²) >= 11 is 0. The van der Waals surface area contributed by atoms with Gasteiger partial charge in [0.2, 0.25) is 11.7 Å². The van der Waals surface area contributed by atoms with Gasteiger partial charge in [0.15, 0.2) is 17.6 Å². The van der Waals surface area contributed by atoms with E-state index in [0.717, 1.165) is 5.56 Å². The van der Waals surface area contributed by atoms with Crippen LogP contribution in [-0.4, -0.2) is 48.3 Å². The number of amides is 1. The van der Waals surface area contributed by atoms with E-state index in [1.165, 1.54) is 4.90 Å². The summed E-state index contributed by atoms with van der Waals surface area (Å²) in [6, 6.07) is 14.6. The Kier molecular flexibility index (Phi) is 6.90. The number of carbonyl (C=O) groups excluding carboxylic acids is 1. The second-order valence-corrected chi connectivity index (χ2v) is 6.60. The summed E-state index contributed by atoms with van der Waals surface area (Å²) in [6.45, 7) is 2.06. The maximum Gasteiger partial charge on any atom is 0.263 e. The fourth-order valence-electron chi connectivity index (χ4n) is 2.90. The van der Waals surface area contributed by atoms with Crippen molar-refractivity contribution < 1.29 is 23.5 Å². The number of benzene rings is 2. The molecule has 0 saturated heterocycles. The van der Waals surface area contributed by atoms with Crippen molar-refractivity contribution in [3.05, 3.63) is 54.4 Å². The van der Waals surface area contributed by atoms with E-state index in [-0.39, 0.29) is 12.5 Å². The van der Waals surface area contributed by atoms with Gasteiger partial charge in [0.25, 0.3) is 5.91 Å². The molecule has 8 heteroatoms. The number of hydrogen-bond acceptors (Lipinski definition) is 7. The van der Waals surface area contributed by atoms with E-state index < -0.39 is 6.10 Å². The molecule has 30 heavy (non-hydrogen) atoms. The van der Waals surface area contributed by atoms with Crippen LogP contribution < -0.4 is 14.2 Å². The first-order valence-corrected chi connectivity index (χ1v) is 9.57. The molecule has 0 aliphatic rings. The molecule has 0 fully saturated rings. The third-order valence-corrected chi connectivity index (χ3v) is 4.53. The van der Waals surface area contributed by atoms with E-state index in [4.69, 9.17) is 18.7 Å². The maximum absolute atomic E-state index is 12.9. The van der Waals surface area contributed by atoms with Gasteiger partial charge in [0.05, 0.1) is 20.8 Å². The van der Waals surface area contributed by atoms with Crippen molar-refractivity contribution in [1.29, 1.82) is 0 Å². The van der Waals surface area contributed by atoms with Crippen LogP contribution in [0.5, 0.6) is 17.2 Å². The maximum atomic E-state index is 12.9. The Labute approximate surface area is 175 Å². The van der Waals surface area contributed by atoms with Crippen LogP contribution in [0.3, 0.4) is 0 Å². The molecule has 3 rings (SSSR count). The predicted molar refractivity (Wildman–Crippen MR) is 110 cm³/mol. The fourth-order valence-corrected chi connectivity index (χ4v) is 2.90. The van der Waals surface area contributed by atoms with Crippen molar-refractivity contribution >= 4 is 5.91 Å². The molecule has 1 aromatic heterocycles. The van der Waals surface area contributed by atoms with E-state index in [0.29, 0.717) is 35.4 Å². The first-order chi connectivity index (χ1) is 14.5. The quantitative estimate of drug-likeness (QED) is 0.532. The monoisotopic (exact) mass is 411 g/mol. The molecule has 2 aromatic carbocycles. The first kappa shape index (κ1) is 21.2. The minimum Gasteiger partial charge on any atom is -0.497 e. The van der Waals surface area contributed by atoms with Crippen LogP contribution in [-0.2, 0) is 11.3 Å². The average molecular weight is 411 g/mol. The third-order valence-electron chi connectivity index (χ3n) is 4.53. The zero-order valence-corrected chi connectivity index (χ0v) is 17.5.